The average Bonchev–Trinajstić information content (AvgIpc) is 3.62. The van der Waals surface area contributed by atoms with Gasteiger partial charge in [-0.3, -0.25) is 9.59 Å². The van der Waals surface area contributed by atoms with E-state index in [1.54, 1.807) is 38.5 Å². The largest absolute Gasteiger partial charge is 0.382 e. The minimum atomic E-state index is -0.813. The van der Waals surface area contributed by atoms with Crippen LogP contribution >= 0.6 is 0 Å². The zero-order chi connectivity index (χ0) is 26.1. The van der Waals surface area contributed by atoms with Crippen LogP contribution < -0.4 is 15.5 Å². The van der Waals surface area contributed by atoms with E-state index in [0.717, 1.165) is 17.4 Å². The lowest BCUT2D eigenvalue weighted by molar-refractivity contribution is -0.139. The summed E-state index contributed by atoms with van der Waals surface area (Å²) >= 11 is 0. The Hall–Kier alpha value is -3.57. The summed E-state index contributed by atoms with van der Waals surface area (Å²) in [7, 11) is 3.21. The lowest BCUT2D eigenvalue weighted by Crippen LogP contribution is -2.56. The molecule has 0 spiro atoms. The molecule has 2 amide bonds. The fourth-order valence-electron chi connectivity index (χ4n) is 5.69. The highest BCUT2D eigenvalue weighted by molar-refractivity contribution is 5.90. The molecule has 37 heavy (non-hydrogen) atoms. The van der Waals surface area contributed by atoms with Crippen LogP contribution in [0.25, 0.3) is 10.9 Å². The minimum Gasteiger partial charge on any atom is -0.382 e. The molecule has 10 nitrogen and oxygen atoms in total. The smallest absolute Gasteiger partial charge is 0.247 e. The number of carbonyl (C=O) groups excluding carboxylic acids is 2. The summed E-state index contributed by atoms with van der Waals surface area (Å²) in [5.41, 5.74) is 1.72. The third-order valence-electron chi connectivity index (χ3n) is 7.57. The van der Waals surface area contributed by atoms with Gasteiger partial charge in [-0.1, -0.05) is 0 Å². The Kier molecular flexibility index (Phi) is 7.07. The molecule has 4 heterocycles. The van der Waals surface area contributed by atoms with Crippen molar-refractivity contribution < 1.29 is 18.7 Å². The summed E-state index contributed by atoms with van der Waals surface area (Å²) in [5.74, 6) is -0.220. The Morgan fingerprint density at radius 1 is 1.30 bits per heavy atom. The molecule has 3 N–H and O–H groups in total. The second-order valence-corrected chi connectivity index (χ2v) is 9.65. The molecule has 0 saturated carbocycles. The number of amides is 2. The van der Waals surface area contributed by atoms with Crippen molar-refractivity contribution in [3.63, 3.8) is 0 Å². The SMILES string of the molecule is CN[C@@H](C)C(=O)N[C@@H](COC)C(=O)N1CC[C@@H]2[C@H]1[C@@H](c1c[nH]c3cc(F)ccc13)CN2c1ncccn1. The number of methoxy groups -OCH3 is 1. The Bertz CT molecular complexity index is 1270. The molecule has 196 valence electrons. The maximum absolute atomic E-state index is 13.9. The molecule has 2 aliphatic heterocycles. The first kappa shape index (κ1) is 25.1. The van der Waals surface area contributed by atoms with Gasteiger partial charge in [0.15, 0.2) is 0 Å². The van der Waals surface area contributed by atoms with Crippen molar-refractivity contribution >= 4 is 28.7 Å². The summed E-state index contributed by atoms with van der Waals surface area (Å²) in [6.07, 6.45) is 6.07. The van der Waals surface area contributed by atoms with Crippen LogP contribution in [0.15, 0.2) is 42.9 Å². The van der Waals surface area contributed by atoms with Gasteiger partial charge in [0.2, 0.25) is 17.8 Å². The molecule has 3 aromatic rings. The maximum Gasteiger partial charge on any atom is 0.247 e. The number of carbonyl (C=O) groups is 2. The van der Waals surface area contributed by atoms with Crippen molar-refractivity contribution in [2.24, 2.45) is 0 Å². The topological polar surface area (TPSA) is 115 Å². The van der Waals surface area contributed by atoms with Gasteiger partial charge in [0.25, 0.3) is 0 Å². The summed E-state index contributed by atoms with van der Waals surface area (Å²) in [6, 6.07) is 5.04. The number of hydrogen-bond acceptors (Lipinski definition) is 7. The van der Waals surface area contributed by atoms with Crippen molar-refractivity contribution in [2.45, 2.75) is 43.4 Å². The molecule has 11 heteroatoms. The monoisotopic (exact) mass is 509 g/mol. The number of hydrogen-bond donors (Lipinski definition) is 3. The highest BCUT2D eigenvalue weighted by atomic mass is 19.1. The molecular weight excluding hydrogens is 477 g/mol. The molecule has 2 saturated heterocycles. The van der Waals surface area contributed by atoms with Crippen LogP contribution in [0.4, 0.5) is 10.3 Å². The van der Waals surface area contributed by atoms with Gasteiger partial charge in [0.05, 0.1) is 24.7 Å². The summed E-state index contributed by atoms with van der Waals surface area (Å²) in [5, 5.41) is 6.67. The summed E-state index contributed by atoms with van der Waals surface area (Å²) in [6.45, 7) is 2.94. The van der Waals surface area contributed by atoms with E-state index in [4.69, 9.17) is 4.74 Å². The van der Waals surface area contributed by atoms with E-state index in [-0.39, 0.29) is 42.2 Å². The number of nitrogens with one attached hydrogen (secondary N) is 3. The number of anilines is 1. The van der Waals surface area contributed by atoms with Gasteiger partial charge >= 0.3 is 0 Å². The highest BCUT2D eigenvalue weighted by Gasteiger charge is 2.52. The lowest BCUT2D eigenvalue weighted by Gasteiger charge is -2.32. The van der Waals surface area contributed by atoms with Crippen molar-refractivity contribution in [1.82, 2.24) is 30.5 Å². The second kappa shape index (κ2) is 10.4. The van der Waals surface area contributed by atoms with Crippen molar-refractivity contribution in [3.8, 4) is 0 Å². The average molecular weight is 510 g/mol. The third-order valence-corrected chi connectivity index (χ3v) is 7.57. The van der Waals surface area contributed by atoms with E-state index in [1.165, 1.54) is 19.2 Å². The Morgan fingerprint density at radius 2 is 2.08 bits per heavy atom. The number of benzene rings is 1. The number of aromatic nitrogens is 3. The minimum absolute atomic E-state index is 0.00289. The third kappa shape index (κ3) is 4.64. The molecule has 1 aromatic carbocycles. The molecule has 0 radical (unpaired) electrons. The van der Waals surface area contributed by atoms with E-state index >= 15 is 0 Å². The number of aromatic amines is 1. The molecule has 5 rings (SSSR count). The van der Waals surface area contributed by atoms with Crippen molar-refractivity contribution in [2.75, 3.05) is 38.8 Å². The lowest BCUT2D eigenvalue weighted by atomic mass is 9.91. The van der Waals surface area contributed by atoms with Crippen LogP contribution in [-0.4, -0.2) is 89.7 Å². The molecule has 2 fully saturated rings. The summed E-state index contributed by atoms with van der Waals surface area (Å²) in [4.78, 5) is 42.7. The highest BCUT2D eigenvalue weighted by Crippen LogP contribution is 2.44. The van der Waals surface area contributed by atoms with Crippen molar-refractivity contribution in [3.05, 3.63) is 54.2 Å². The van der Waals surface area contributed by atoms with Gasteiger partial charge in [-0.05, 0) is 50.2 Å². The fourth-order valence-corrected chi connectivity index (χ4v) is 5.69. The molecule has 0 bridgehead atoms. The van der Waals surface area contributed by atoms with Crippen molar-refractivity contribution in [1.29, 1.82) is 0 Å². The van der Waals surface area contributed by atoms with Crippen LogP contribution in [0.2, 0.25) is 0 Å². The van der Waals surface area contributed by atoms with E-state index in [9.17, 15) is 14.0 Å². The number of rotatable bonds is 8. The molecule has 0 aliphatic carbocycles. The van der Waals surface area contributed by atoms with Crippen LogP contribution in [0.5, 0.6) is 0 Å². The first-order chi connectivity index (χ1) is 17.9. The predicted molar refractivity (Wildman–Crippen MR) is 137 cm³/mol. The normalized spacial score (nSPS) is 22.8. The second-order valence-electron chi connectivity index (χ2n) is 9.65. The number of nitrogens with zero attached hydrogens (tertiary/aromatic N) is 4. The van der Waals surface area contributed by atoms with Crippen LogP contribution in [0, 0.1) is 5.82 Å². The number of halogens is 1. The number of likely N-dealkylation sites (N-methyl/N-ethyl adjacent to an activating group) is 1. The Labute approximate surface area is 214 Å². The van der Waals surface area contributed by atoms with E-state index in [2.05, 4.69) is 30.5 Å². The van der Waals surface area contributed by atoms with Crippen LogP contribution in [-0.2, 0) is 14.3 Å². The predicted octanol–water partition coefficient (Wildman–Crippen LogP) is 1.41. The molecule has 2 aliphatic rings. The summed E-state index contributed by atoms with van der Waals surface area (Å²) < 4.78 is 19.2. The van der Waals surface area contributed by atoms with Crippen LogP contribution in [0.3, 0.4) is 0 Å². The van der Waals surface area contributed by atoms with Gasteiger partial charge in [0.1, 0.15) is 11.9 Å². The van der Waals surface area contributed by atoms with E-state index in [1.807, 2.05) is 11.1 Å². The molecule has 2 aromatic heterocycles. The Morgan fingerprint density at radius 3 is 2.81 bits per heavy atom. The van der Waals surface area contributed by atoms with Gasteiger partial charge < -0.3 is 30.2 Å². The standard InChI is InChI=1S/C26H32FN7O3/c1-15(28-2)24(35)32-21(14-37-3)25(36)33-10-7-22-23(33)19(13-34(22)26-29-8-4-9-30-26)18-12-31-20-11-16(27)5-6-17(18)20/h4-6,8-9,11-12,15,19,21-23,28,31H,7,10,13-14H2,1-3H3,(H,32,35)/t15-,19+,21-,22+,23+/m0/s1. The first-order valence-corrected chi connectivity index (χ1v) is 12.5. The zero-order valence-corrected chi connectivity index (χ0v) is 21.1. The van der Waals surface area contributed by atoms with Gasteiger partial charge in [-0.25, -0.2) is 14.4 Å². The number of fused-ring (bicyclic) bond motifs is 2. The molecular formula is C26H32FN7O3. The molecule has 0 unspecified atom stereocenters. The van der Waals surface area contributed by atoms with E-state index < -0.39 is 12.1 Å². The maximum atomic E-state index is 13.9. The van der Waals surface area contributed by atoms with Crippen LogP contribution in [0.1, 0.15) is 24.8 Å². The molecule has 5 atom stereocenters. The first-order valence-electron chi connectivity index (χ1n) is 12.5. The number of likely N-dealkylation sites (tertiary alicyclic amines) is 1. The van der Waals surface area contributed by atoms with E-state index in [0.29, 0.717) is 24.6 Å². The van der Waals surface area contributed by atoms with Gasteiger partial charge in [-0.15, -0.1) is 0 Å². The van der Waals surface area contributed by atoms with Gasteiger partial charge in [0, 0.05) is 55.6 Å². The zero-order valence-electron chi connectivity index (χ0n) is 21.1. The quantitative estimate of drug-likeness (QED) is 0.421. The van der Waals surface area contributed by atoms with Gasteiger partial charge in [-0.2, -0.15) is 0 Å². The number of H-pyrrole nitrogens is 1. The number of ether oxygens (including phenoxy) is 1. The fraction of sp³-hybridized carbons (Fsp3) is 0.462. The Balaban J connectivity index is 1.50.